The Morgan fingerprint density at radius 3 is 3.10 bits per heavy atom. The molecule has 1 aliphatic heterocycles. The molecule has 0 amide bonds. The van der Waals surface area contributed by atoms with Crippen LogP contribution in [0.4, 0.5) is 0 Å². The Morgan fingerprint density at radius 1 is 1.25 bits per heavy atom. The number of hydrogen-bond donors (Lipinski definition) is 1. The average molecular weight is 284 g/mol. The minimum Gasteiger partial charge on any atom is -0.382 e. The van der Waals surface area contributed by atoms with Crippen molar-refractivity contribution < 1.29 is 14.0 Å². The van der Waals surface area contributed by atoms with Gasteiger partial charge in [0.2, 0.25) is 5.89 Å². The van der Waals surface area contributed by atoms with Crippen LogP contribution in [0, 0.1) is 0 Å². The molecule has 0 aromatic carbocycles. The van der Waals surface area contributed by atoms with Crippen LogP contribution in [0.1, 0.15) is 18.1 Å². The first-order chi connectivity index (χ1) is 9.88. The Hall–Kier alpha value is -1.02. The zero-order chi connectivity index (χ0) is 14.0. The van der Waals surface area contributed by atoms with Crippen LogP contribution in [0.3, 0.4) is 0 Å². The summed E-state index contributed by atoms with van der Waals surface area (Å²) in [4.78, 5) is 6.74. The van der Waals surface area contributed by atoms with E-state index in [0.29, 0.717) is 38.0 Å². The molecule has 0 bridgehead atoms. The first-order valence-corrected chi connectivity index (χ1v) is 7.19. The van der Waals surface area contributed by atoms with Crippen LogP contribution >= 0.6 is 0 Å². The standard InChI is InChI=1S/C13H24N4O3/c1-18-9-10-19-8-3-12-15-13(20-16-12)11-17-6-2-4-14-5-7-17/h14H,2-11H2,1H3. The number of ether oxygens (including phenoxy) is 2. The molecule has 1 N–H and O–H groups in total. The summed E-state index contributed by atoms with van der Waals surface area (Å²) < 4.78 is 15.6. The molecule has 1 aliphatic rings. The van der Waals surface area contributed by atoms with Gasteiger partial charge in [-0.25, -0.2) is 0 Å². The zero-order valence-electron chi connectivity index (χ0n) is 12.1. The first kappa shape index (κ1) is 15.4. The fraction of sp³-hybridized carbons (Fsp3) is 0.846. The van der Waals surface area contributed by atoms with E-state index in [4.69, 9.17) is 14.0 Å². The lowest BCUT2D eigenvalue weighted by Crippen LogP contribution is -2.27. The fourth-order valence-corrected chi connectivity index (χ4v) is 2.11. The normalized spacial score (nSPS) is 17.2. The van der Waals surface area contributed by atoms with E-state index in [1.807, 2.05) is 0 Å². The maximum absolute atomic E-state index is 5.39. The summed E-state index contributed by atoms with van der Waals surface area (Å²) in [7, 11) is 1.66. The number of aromatic nitrogens is 2. The van der Waals surface area contributed by atoms with Gasteiger partial charge in [0.1, 0.15) is 0 Å². The molecular formula is C13H24N4O3. The van der Waals surface area contributed by atoms with Crippen LogP contribution in [0.2, 0.25) is 0 Å². The lowest BCUT2D eigenvalue weighted by atomic mass is 10.4. The quantitative estimate of drug-likeness (QED) is 0.677. The van der Waals surface area contributed by atoms with E-state index < -0.39 is 0 Å². The van der Waals surface area contributed by atoms with E-state index in [9.17, 15) is 0 Å². The Labute approximate surface area is 119 Å². The van der Waals surface area contributed by atoms with Gasteiger partial charge in [0.05, 0.1) is 26.4 Å². The fourth-order valence-electron chi connectivity index (χ4n) is 2.11. The third-order valence-corrected chi connectivity index (χ3v) is 3.20. The maximum Gasteiger partial charge on any atom is 0.240 e. The lowest BCUT2D eigenvalue weighted by Gasteiger charge is -2.16. The van der Waals surface area contributed by atoms with Crippen molar-refractivity contribution in [3.05, 3.63) is 11.7 Å². The highest BCUT2D eigenvalue weighted by molar-refractivity contribution is 4.87. The average Bonchev–Trinajstić information content (AvgIpc) is 2.73. The largest absolute Gasteiger partial charge is 0.382 e. The van der Waals surface area contributed by atoms with Crippen LogP contribution < -0.4 is 5.32 Å². The third kappa shape index (κ3) is 5.54. The first-order valence-electron chi connectivity index (χ1n) is 7.19. The molecule has 1 aromatic rings. The number of hydrogen-bond acceptors (Lipinski definition) is 7. The second-order valence-electron chi connectivity index (χ2n) is 4.84. The van der Waals surface area contributed by atoms with Gasteiger partial charge in [0.15, 0.2) is 5.82 Å². The molecule has 1 aromatic heterocycles. The molecule has 0 atom stereocenters. The molecule has 0 aliphatic carbocycles. The monoisotopic (exact) mass is 284 g/mol. The van der Waals surface area contributed by atoms with E-state index in [0.717, 1.165) is 39.1 Å². The van der Waals surface area contributed by atoms with Crippen molar-refractivity contribution in [1.29, 1.82) is 0 Å². The summed E-state index contributed by atoms with van der Waals surface area (Å²) in [5.41, 5.74) is 0. The highest BCUT2D eigenvalue weighted by Crippen LogP contribution is 2.05. The summed E-state index contributed by atoms with van der Waals surface area (Å²) in [5, 5.41) is 7.36. The van der Waals surface area contributed by atoms with Crippen molar-refractivity contribution in [2.24, 2.45) is 0 Å². The van der Waals surface area contributed by atoms with Crippen LogP contribution in [0.5, 0.6) is 0 Å². The second kappa shape index (κ2) is 9.02. The van der Waals surface area contributed by atoms with Crippen molar-refractivity contribution in [2.75, 3.05) is 53.1 Å². The molecule has 0 radical (unpaired) electrons. The summed E-state index contributed by atoms with van der Waals surface area (Å²) >= 11 is 0. The van der Waals surface area contributed by atoms with Crippen LogP contribution in [-0.2, 0) is 22.4 Å². The van der Waals surface area contributed by atoms with Gasteiger partial charge < -0.3 is 19.3 Å². The SMILES string of the molecule is COCCOCCc1noc(CN2CCCNCC2)n1. The molecular weight excluding hydrogens is 260 g/mol. The summed E-state index contributed by atoms with van der Waals surface area (Å²) in [6, 6.07) is 0. The Balaban J connectivity index is 1.68. The molecule has 7 nitrogen and oxygen atoms in total. The molecule has 114 valence electrons. The van der Waals surface area contributed by atoms with E-state index >= 15 is 0 Å². The molecule has 20 heavy (non-hydrogen) atoms. The number of rotatable bonds is 8. The predicted octanol–water partition coefficient (Wildman–Crippen LogP) is 0.0704. The molecule has 1 saturated heterocycles. The van der Waals surface area contributed by atoms with E-state index in [1.54, 1.807) is 7.11 Å². The van der Waals surface area contributed by atoms with E-state index in [1.165, 1.54) is 0 Å². The Kier molecular flexibility index (Phi) is 6.93. The third-order valence-electron chi connectivity index (χ3n) is 3.20. The Bertz CT molecular complexity index is 364. The molecule has 0 spiro atoms. The minimum atomic E-state index is 0.593. The van der Waals surface area contributed by atoms with Gasteiger partial charge in [-0.05, 0) is 19.5 Å². The molecule has 1 fully saturated rings. The van der Waals surface area contributed by atoms with Gasteiger partial charge in [-0.15, -0.1) is 0 Å². The van der Waals surface area contributed by atoms with Crippen molar-refractivity contribution in [2.45, 2.75) is 19.4 Å². The number of nitrogens with one attached hydrogen (secondary N) is 1. The molecule has 2 heterocycles. The van der Waals surface area contributed by atoms with Crippen LogP contribution in [0.25, 0.3) is 0 Å². The summed E-state index contributed by atoms with van der Waals surface area (Å²) in [6.07, 6.45) is 1.84. The number of nitrogens with zero attached hydrogens (tertiary/aromatic N) is 3. The second-order valence-corrected chi connectivity index (χ2v) is 4.84. The predicted molar refractivity (Wildman–Crippen MR) is 73.5 cm³/mol. The Morgan fingerprint density at radius 2 is 2.20 bits per heavy atom. The molecule has 0 unspecified atom stereocenters. The van der Waals surface area contributed by atoms with Crippen molar-refractivity contribution in [1.82, 2.24) is 20.4 Å². The van der Waals surface area contributed by atoms with Gasteiger partial charge in [0.25, 0.3) is 0 Å². The maximum atomic E-state index is 5.39. The van der Waals surface area contributed by atoms with Gasteiger partial charge in [-0.1, -0.05) is 5.16 Å². The molecule has 2 rings (SSSR count). The highest BCUT2D eigenvalue weighted by atomic mass is 16.5. The van der Waals surface area contributed by atoms with Crippen LogP contribution in [0.15, 0.2) is 4.52 Å². The van der Waals surface area contributed by atoms with E-state index in [2.05, 4.69) is 20.4 Å². The molecule has 0 saturated carbocycles. The van der Waals surface area contributed by atoms with Crippen molar-refractivity contribution >= 4 is 0 Å². The van der Waals surface area contributed by atoms with Crippen molar-refractivity contribution in [3.63, 3.8) is 0 Å². The van der Waals surface area contributed by atoms with E-state index in [-0.39, 0.29) is 0 Å². The zero-order valence-corrected chi connectivity index (χ0v) is 12.1. The summed E-state index contributed by atoms with van der Waals surface area (Å²) in [6.45, 7) is 6.75. The molecule has 7 heteroatoms. The van der Waals surface area contributed by atoms with Gasteiger partial charge in [0, 0.05) is 26.6 Å². The van der Waals surface area contributed by atoms with Gasteiger partial charge >= 0.3 is 0 Å². The topological polar surface area (TPSA) is 72.7 Å². The summed E-state index contributed by atoms with van der Waals surface area (Å²) in [5.74, 6) is 1.41. The van der Waals surface area contributed by atoms with Gasteiger partial charge in [-0.3, -0.25) is 4.90 Å². The minimum absolute atomic E-state index is 0.593. The highest BCUT2D eigenvalue weighted by Gasteiger charge is 2.13. The lowest BCUT2D eigenvalue weighted by molar-refractivity contribution is 0.0714. The van der Waals surface area contributed by atoms with Crippen LogP contribution in [-0.4, -0.2) is 68.2 Å². The number of methoxy groups -OCH3 is 1. The smallest absolute Gasteiger partial charge is 0.240 e. The van der Waals surface area contributed by atoms with Crippen molar-refractivity contribution in [3.8, 4) is 0 Å². The van der Waals surface area contributed by atoms with Gasteiger partial charge in [-0.2, -0.15) is 4.98 Å².